The van der Waals surface area contributed by atoms with E-state index in [0.29, 0.717) is 25.1 Å². The summed E-state index contributed by atoms with van der Waals surface area (Å²) in [5.41, 5.74) is 0. The van der Waals surface area contributed by atoms with Crippen molar-refractivity contribution in [2.75, 3.05) is 39.9 Å². The van der Waals surface area contributed by atoms with Gasteiger partial charge in [0.1, 0.15) is 0 Å². The first-order valence-electron chi connectivity index (χ1n) is 8.84. The van der Waals surface area contributed by atoms with E-state index in [-0.39, 0.29) is 6.10 Å². The van der Waals surface area contributed by atoms with Gasteiger partial charge in [0.2, 0.25) is 0 Å². The number of nitrogens with zero attached hydrogens (tertiary/aromatic N) is 1. The first-order valence-corrected chi connectivity index (χ1v) is 8.84. The van der Waals surface area contributed by atoms with Gasteiger partial charge in [-0.25, -0.2) is 0 Å². The van der Waals surface area contributed by atoms with Gasteiger partial charge in [-0.2, -0.15) is 0 Å². The highest BCUT2D eigenvalue weighted by atomic mass is 16.5. The largest absolute Gasteiger partial charge is 0.389 e. The van der Waals surface area contributed by atoms with E-state index in [0.717, 1.165) is 13.2 Å². The minimum Gasteiger partial charge on any atom is -0.389 e. The van der Waals surface area contributed by atoms with Crippen molar-refractivity contribution in [3.8, 4) is 0 Å². The molecule has 0 aliphatic carbocycles. The highest BCUT2D eigenvalue weighted by Gasteiger charge is 2.20. The molecule has 1 rings (SSSR count). The van der Waals surface area contributed by atoms with Crippen LogP contribution in [0.2, 0.25) is 0 Å². The Labute approximate surface area is 131 Å². The number of likely N-dealkylation sites (N-methyl/N-ethyl adjacent to an activating group) is 1. The number of aliphatic hydroxyl groups excluding tert-OH is 1. The van der Waals surface area contributed by atoms with Crippen molar-refractivity contribution in [3.63, 3.8) is 0 Å². The zero-order chi connectivity index (χ0) is 15.5. The molecule has 0 aromatic carbocycles. The molecule has 0 aromatic heterocycles. The predicted molar refractivity (Wildman–Crippen MR) is 88.7 cm³/mol. The summed E-state index contributed by atoms with van der Waals surface area (Å²) < 4.78 is 5.69. The van der Waals surface area contributed by atoms with E-state index in [1.807, 2.05) is 0 Å². The lowest BCUT2D eigenvalue weighted by Gasteiger charge is -2.21. The quantitative estimate of drug-likeness (QED) is 0.580. The Bertz CT molecular complexity index is 251. The fourth-order valence-corrected chi connectivity index (χ4v) is 2.98. The minimum absolute atomic E-state index is 0.389. The third-order valence-corrected chi connectivity index (χ3v) is 4.64. The smallest absolute Gasteiger partial charge is 0.0897 e. The number of nitrogens with one attached hydrogen (secondary N) is 1. The zero-order valence-electron chi connectivity index (χ0n) is 14.3. The molecule has 1 fully saturated rings. The lowest BCUT2D eigenvalue weighted by molar-refractivity contribution is 0.0190. The van der Waals surface area contributed by atoms with Crippen molar-refractivity contribution in [2.45, 2.75) is 64.5 Å². The van der Waals surface area contributed by atoms with Crippen molar-refractivity contribution < 1.29 is 9.84 Å². The highest BCUT2D eigenvalue weighted by Crippen LogP contribution is 2.14. The summed E-state index contributed by atoms with van der Waals surface area (Å²) in [4.78, 5) is 2.40. The molecule has 0 amide bonds. The van der Waals surface area contributed by atoms with Gasteiger partial charge in [-0.3, -0.25) is 0 Å². The Kier molecular flexibility index (Phi) is 10.3. The number of rotatable bonds is 12. The van der Waals surface area contributed by atoms with E-state index < -0.39 is 0 Å². The van der Waals surface area contributed by atoms with Gasteiger partial charge in [-0.15, -0.1) is 0 Å². The summed E-state index contributed by atoms with van der Waals surface area (Å²) in [6.07, 6.45) is 7.12. The molecule has 0 aromatic rings. The van der Waals surface area contributed by atoms with Crippen LogP contribution in [0.25, 0.3) is 0 Å². The predicted octanol–water partition coefficient (Wildman–Crippen LogP) is 2.26. The van der Waals surface area contributed by atoms with Crippen molar-refractivity contribution in [2.24, 2.45) is 5.92 Å². The summed E-state index contributed by atoms with van der Waals surface area (Å²) in [6, 6.07) is 0.636. The van der Waals surface area contributed by atoms with Crippen LogP contribution in [-0.2, 0) is 4.74 Å². The Morgan fingerprint density at radius 2 is 2.14 bits per heavy atom. The topological polar surface area (TPSA) is 44.7 Å². The Balaban J connectivity index is 2.01. The number of aliphatic hydroxyl groups is 1. The van der Waals surface area contributed by atoms with E-state index in [4.69, 9.17) is 4.74 Å². The summed E-state index contributed by atoms with van der Waals surface area (Å²) in [5, 5.41) is 13.3. The average molecular weight is 300 g/mol. The minimum atomic E-state index is -0.389. The zero-order valence-corrected chi connectivity index (χ0v) is 14.3. The normalized spacial score (nSPS) is 22.6. The van der Waals surface area contributed by atoms with Gasteiger partial charge in [-0.1, -0.05) is 33.1 Å². The highest BCUT2D eigenvalue weighted by molar-refractivity contribution is 4.78. The molecule has 126 valence electrons. The van der Waals surface area contributed by atoms with Crippen LogP contribution in [-0.4, -0.2) is 62.0 Å². The van der Waals surface area contributed by atoms with Crippen molar-refractivity contribution in [3.05, 3.63) is 0 Å². The molecule has 0 radical (unpaired) electrons. The van der Waals surface area contributed by atoms with Crippen molar-refractivity contribution in [1.29, 1.82) is 0 Å². The Morgan fingerprint density at radius 1 is 1.33 bits per heavy atom. The summed E-state index contributed by atoms with van der Waals surface area (Å²) in [7, 11) is 2.18. The van der Waals surface area contributed by atoms with Gasteiger partial charge in [0, 0.05) is 25.7 Å². The lowest BCUT2D eigenvalue weighted by Crippen LogP contribution is -2.39. The molecule has 4 heteroatoms. The average Bonchev–Trinajstić information content (AvgIpc) is 2.88. The molecule has 1 saturated heterocycles. The molecule has 3 unspecified atom stereocenters. The Morgan fingerprint density at radius 3 is 2.76 bits per heavy atom. The fourth-order valence-electron chi connectivity index (χ4n) is 2.98. The van der Waals surface area contributed by atoms with Crippen LogP contribution in [0.15, 0.2) is 0 Å². The molecule has 2 N–H and O–H groups in total. The van der Waals surface area contributed by atoms with Crippen molar-refractivity contribution >= 4 is 0 Å². The van der Waals surface area contributed by atoms with Gasteiger partial charge in [0.15, 0.2) is 0 Å². The summed E-state index contributed by atoms with van der Waals surface area (Å²) in [6.45, 7) is 8.51. The van der Waals surface area contributed by atoms with Crippen LogP contribution in [0.4, 0.5) is 0 Å². The molecule has 3 atom stereocenters. The number of hydrogen-bond acceptors (Lipinski definition) is 4. The molecule has 1 heterocycles. The van der Waals surface area contributed by atoms with Gasteiger partial charge in [0.05, 0.1) is 12.7 Å². The monoisotopic (exact) mass is 300 g/mol. The maximum Gasteiger partial charge on any atom is 0.0897 e. The van der Waals surface area contributed by atoms with Crippen LogP contribution in [0.3, 0.4) is 0 Å². The summed E-state index contributed by atoms with van der Waals surface area (Å²) >= 11 is 0. The molecular formula is C17H36N2O2. The fraction of sp³-hybridized carbons (Fsp3) is 1.00. The first kappa shape index (κ1) is 18.9. The van der Waals surface area contributed by atoms with E-state index in [2.05, 4.69) is 31.1 Å². The molecule has 1 aliphatic heterocycles. The number of likely N-dealkylation sites (tertiary alicyclic amines) is 1. The second-order valence-corrected chi connectivity index (χ2v) is 6.54. The van der Waals surface area contributed by atoms with Crippen LogP contribution in [0, 0.1) is 5.92 Å². The Hall–Kier alpha value is -0.160. The number of unbranched alkanes of at least 4 members (excludes halogenated alkanes) is 1. The van der Waals surface area contributed by atoms with Gasteiger partial charge in [-0.05, 0) is 38.8 Å². The molecule has 1 aliphatic rings. The molecule has 0 saturated carbocycles. The molecule has 0 bridgehead atoms. The molecule has 4 nitrogen and oxygen atoms in total. The van der Waals surface area contributed by atoms with Crippen molar-refractivity contribution in [1.82, 2.24) is 10.2 Å². The second kappa shape index (κ2) is 11.4. The van der Waals surface area contributed by atoms with E-state index in [1.54, 1.807) is 0 Å². The van der Waals surface area contributed by atoms with Gasteiger partial charge < -0.3 is 20.1 Å². The van der Waals surface area contributed by atoms with Crippen LogP contribution in [0.5, 0.6) is 0 Å². The number of hydrogen-bond donors (Lipinski definition) is 2. The number of ether oxygens (including phenoxy) is 1. The standard InChI is InChI=1S/C17H36N2O2/c1-4-6-8-15(5-2)13-21-14-17(20)12-18-11-16-9-7-10-19(16)3/h15-18,20H,4-14H2,1-3H3. The van der Waals surface area contributed by atoms with Crippen LogP contribution < -0.4 is 5.32 Å². The third kappa shape index (κ3) is 8.15. The lowest BCUT2D eigenvalue weighted by atomic mass is 10.0. The van der Waals surface area contributed by atoms with Gasteiger partial charge >= 0.3 is 0 Å². The maximum absolute atomic E-state index is 9.95. The first-order chi connectivity index (χ1) is 10.2. The molecular weight excluding hydrogens is 264 g/mol. The van der Waals surface area contributed by atoms with E-state index in [1.165, 1.54) is 45.1 Å². The SMILES string of the molecule is CCCCC(CC)COCC(O)CNCC1CCCN1C. The van der Waals surface area contributed by atoms with Crippen LogP contribution >= 0.6 is 0 Å². The van der Waals surface area contributed by atoms with E-state index in [9.17, 15) is 5.11 Å². The maximum atomic E-state index is 9.95. The van der Waals surface area contributed by atoms with Crippen LogP contribution in [0.1, 0.15) is 52.4 Å². The molecule has 0 spiro atoms. The summed E-state index contributed by atoms with van der Waals surface area (Å²) in [5.74, 6) is 0.650. The third-order valence-electron chi connectivity index (χ3n) is 4.64. The second-order valence-electron chi connectivity index (χ2n) is 6.54. The van der Waals surface area contributed by atoms with E-state index >= 15 is 0 Å². The van der Waals surface area contributed by atoms with Gasteiger partial charge in [0.25, 0.3) is 0 Å². The molecule has 21 heavy (non-hydrogen) atoms.